The molecule has 20 atom stereocenters. The first-order chi connectivity index (χ1) is 37.2. The van der Waals surface area contributed by atoms with Crippen LogP contribution in [-0.4, -0.2) is 86.4 Å². The fraction of sp³-hybridized carbons (Fsp3) is 0.820. The van der Waals surface area contributed by atoms with Crippen molar-refractivity contribution in [1.82, 2.24) is 4.98 Å². The first-order valence-corrected chi connectivity index (χ1v) is 34.3. The molecular formula is C61H87Br4N3O10. The van der Waals surface area contributed by atoms with Gasteiger partial charge in [-0.05, 0) is 210 Å². The number of esters is 4. The van der Waals surface area contributed by atoms with Gasteiger partial charge in [0, 0.05) is 23.7 Å². The second-order valence-corrected chi connectivity index (χ2v) is 28.9. The quantitative estimate of drug-likeness (QED) is 0.0812. The van der Waals surface area contributed by atoms with E-state index < -0.39 is 0 Å². The molecule has 434 valence electrons. The molecule has 0 bridgehead atoms. The summed E-state index contributed by atoms with van der Waals surface area (Å²) in [5.41, 5.74) is -0.223. The van der Waals surface area contributed by atoms with E-state index in [1.54, 1.807) is 18.2 Å². The summed E-state index contributed by atoms with van der Waals surface area (Å²) >= 11 is 13.3. The van der Waals surface area contributed by atoms with Crippen LogP contribution >= 0.6 is 63.7 Å². The van der Waals surface area contributed by atoms with Gasteiger partial charge >= 0.3 is 23.9 Å². The summed E-state index contributed by atoms with van der Waals surface area (Å²) in [6.07, 6.45) is 17.6. The van der Waals surface area contributed by atoms with E-state index in [-0.39, 0.29) is 115 Å². The number of carbonyl (C=O) groups excluding carboxylic acids is 6. The first kappa shape index (κ1) is 60.5. The molecule has 0 saturated heterocycles. The molecule has 0 aliphatic heterocycles. The minimum Gasteiger partial charge on any atom is -0.462 e. The number of anilines is 2. The Labute approximate surface area is 497 Å². The van der Waals surface area contributed by atoms with Crippen LogP contribution in [0.2, 0.25) is 0 Å². The monoisotopic (exact) mass is 1340 g/mol. The van der Waals surface area contributed by atoms with Crippen LogP contribution in [0.15, 0.2) is 18.2 Å². The van der Waals surface area contributed by atoms with E-state index in [0.29, 0.717) is 96.5 Å². The Morgan fingerprint density at radius 2 is 0.910 bits per heavy atom. The number of nitrogens with one attached hydrogen (secondary N) is 2. The molecule has 1 heterocycles. The van der Waals surface area contributed by atoms with E-state index in [1.807, 2.05) is 0 Å². The van der Waals surface area contributed by atoms with Crippen molar-refractivity contribution in [3.8, 4) is 0 Å². The minimum atomic E-state index is -0.224. The number of halogens is 4. The van der Waals surface area contributed by atoms with E-state index in [1.165, 1.54) is 0 Å². The Bertz CT molecular complexity index is 2230. The van der Waals surface area contributed by atoms with Crippen molar-refractivity contribution in [3.05, 3.63) is 18.2 Å². The predicted octanol–water partition coefficient (Wildman–Crippen LogP) is 13.6. The van der Waals surface area contributed by atoms with E-state index >= 15 is 0 Å². The second kappa shape index (κ2) is 25.0. The average molecular weight is 1340 g/mol. The van der Waals surface area contributed by atoms with Gasteiger partial charge in [-0.3, -0.25) is 28.8 Å². The number of pyridine rings is 1. The zero-order valence-corrected chi connectivity index (χ0v) is 53.3. The smallest absolute Gasteiger partial charge is 0.316 e. The van der Waals surface area contributed by atoms with Gasteiger partial charge < -0.3 is 29.6 Å². The van der Waals surface area contributed by atoms with Crippen LogP contribution in [0.5, 0.6) is 0 Å². The van der Waals surface area contributed by atoms with Gasteiger partial charge in [0.25, 0.3) is 0 Å². The highest BCUT2D eigenvalue weighted by atomic mass is 79.9. The Kier molecular flexibility index (Phi) is 19.4. The van der Waals surface area contributed by atoms with E-state index in [4.69, 9.17) is 18.9 Å². The summed E-state index contributed by atoms with van der Waals surface area (Å²) in [7, 11) is 0. The molecule has 2 N–H and O–H groups in total. The number of hydrogen-bond acceptors (Lipinski definition) is 11. The average Bonchev–Trinajstić information content (AvgIpc) is 4.03. The van der Waals surface area contributed by atoms with Crippen molar-refractivity contribution in [1.29, 1.82) is 0 Å². The van der Waals surface area contributed by atoms with Crippen LogP contribution in [0.25, 0.3) is 0 Å². The van der Waals surface area contributed by atoms with Crippen LogP contribution in [0, 0.1) is 92.7 Å². The van der Waals surface area contributed by atoms with Crippen LogP contribution in [0.3, 0.4) is 0 Å². The normalized spacial score (nSPS) is 40.2. The molecule has 0 aromatic carbocycles. The molecule has 0 unspecified atom stereocenters. The van der Waals surface area contributed by atoms with Gasteiger partial charge in [0.05, 0.1) is 0 Å². The molecule has 8 saturated carbocycles. The third kappa shape index (κ3) is 11.9. The Hall–Kier alpha value is -2.11. The van der Waals surface area contributed by atoms with Gasteiger partial charge in [-0.25, -0.2) is 4.98 Å². The number of fused-ring (bicyclic) bond motifs is 10. The summed E-state index contributed by atoms with van der Waals surface area (Å²) in [4.78, 5) is 82.7. The van der Waals surface area contributed by atoms with Gasteiger partial charge in [0.2, 0.25) is 11.8 Å². The van der Waals surface area contributed by atoms with E-state index in [0.717, 1.165) is 103 Å². The van der Waals surface area contributed by atoms with Crippen molar-refractivity contribution in [2.45, 2.75) is 194 Å². The molecule has 8 aliphatic rings. The Balaban J connectivity index is 0.780. The number of rotatable bonds is 18. The second-order valence-electron chi connectivity index (χ2n) is 26.7. The van der Waals surface area contributed by atoms with Crippen molar-refractivity contribution < 1.29 is 47.7 Å². The van der Waals surface area contributed by atoms with Crippen LogP contribution < -0.4 is 10.6 Å². The zero-order chi connectivity index (χ0) is 55.9. The highest BCUT2D eigenvalue weighted by molar-refractivity contribution is 9.10. The predicted molar refractivity (Wildman–Crippen MR) is 314 cm³/mol. The zero-order valence-electron chi connectivity index (χ0n) is 47.0. The highest BCUT2D eigenvalue weighted by Gasteiger charge is 2.67. The third-order valence-corrected chi connectivity index (χ3v) is 25.2. The molecule has 9 rings (SSSR count). The summed E-state index contributed by atoms with van der Waals surface area (Å²) in [5, 5.41) is 6.77. The number of carbonyl (C=O) groups is 6. The van der Waals surface area contributed by atoms with Gasteiger partial charge in [-0.2, -0.15) is 0 Å². The van der Waals surface area contributed by atoms with Gasteiger partial charge in [0.1, 0.15) is 57.4 Å². The number of alkyl halides is 4. The molecule has 13 nitrogen and oxygen atoms in total. The molecule has 0 spiro atoms. The van der Waals surface area contributed by atoms with Gasteiger partial charge in [-0.15, -0.1) is 0 Å². The lowest BCUT2D eigenvalue weighted by Gasteiger charge is -2.62. The Morgan fingerprint density at radius 1 is 0.526 bits per heavy atom. The topological polar surface area (TPSA) is 176 Å². The molecule has 1 aromatic heterocycles. The summed E-state index contributed by atoms with van der Waals surface area (Å²) in [6.45, 7) is 14.2. The SMILES string of the molecule is C[C@H](CCC(=O)Nc1cccc(NC(=O)CC[C@@H](C)[C@H]2CC[C@H]3[C@@H]4CC[C@@H]5C[C@H](OC(=O)CBr)CC[C@]5(C)[C@H]4C[C@H](OC(=O)CBr)[C@]23C)n1)[C@H]1CC[C@H]2[C@@H]3CC[C@@H]4C[C@H](OC(=O)CBr)CC[C@]4(C)[C@H]3C[C@H](OC(=O)CBr)[C@]12C. The van der Waals surface area contributed by atoms with Crippen molar-refractivity contribution in [3.63, 3.8) is 0 Å². The number of nitrogens with zero attached hydrogens (tertiary/aromatic N) is 1. The highest BCUT2D eigenvalue weighted by Crippen LogP contribution is 2.71. The molecular weight excluding hydrogens is 1250 g/mol. The molecule has 17 heteroatoms. The van der Waals surface area contributed by atoms with Gasteiger partial charge in [-0.1, -0.05) is 111 Å². The third-order valence-electron chi connectivity index (χ3n) is 23.4. The van der Waals surface area contributed by atoms with Crippen LogP contribution in [0.1, 0.15) is 170 Å². The summed E-state index contributed by atoms with van der Waals surface area (Å²) in [5.74, 6) is 4.44. The Morgan fingerprint density at radius 3 is 1.29 bits per heavy atom. The summed E-state index contributed by atoms with van der Waals surface area (Å²) in [6, 6.07) is 5.31. The maximum atomic E-state index is 13.7. The molecule has 1 aromatic rings. The fourth-order valence-corrected chi connectivity index (χ4v) is 20.2. The van der Waals surface area contributed by atoms with Crippen molar-refractivity contribution >= 4 is 111 Å². The summed E-state index contributed by atoms with van der Waals surface area (Å²) < 4.78 is 24.6. The largest absolute Gasteiger partial charge is 0.462 e. The van der Waals surface area contributed by atoms with E-state index in [9.17, 15) is 28.8 Å². The van der Waals surface area contributed by atoms with Gasteiger partial charge in [0.15, 0.2) is 0 Å². The lowest BCUT2D eigenvalue weighted by molar-refractivity contribution is -0.198. The first-order valence-electron chi connectivity index (χ1n) is 29.8. The molecule has 8 fully saturated rings. The number of hydrogen-bond donors (Lipinski definition) is 2. The van der Waals surface area contributed by atoms with Crippen LogP contribution in [0.4, 0.5) is 11.6 Å². The molecule has 0 radical (unpaired) electrons. The van der Waals surface area contributed by atoms with E-state index in [2.05, 4.69) is 121 Å². The standard InChI is InChI=1S/C61H87Br4N3O10/c1-34(42-16-18-44-40-14-12-36-26-38(75-54(71)30-62)22-24-58(36,3)46(40)28-48(60(42,44)5)77-56(73)32-64)10-20-52(69)67-50-8-7-9-51(66-50)68-53(70)21-11-35(2)43-17-19-45-41-15-13-37-27-39(76-55(72)31-63)23-25-59(37,4)47(41)29-49(61(43,45)6)78-57(74)33-65/h7-9,34-49H,10-33H2,1-6H3,(H2,66,67,68,69,70)/t34-,35-,36-,37-,38-,39-,40+,41+,42-,43-,44+,45+,46+,47+,48+,49+,58+,59+,60-,61-/m1/s1. The fourth-order valence-electron chi connectivity index (χ4n) is 19.7. The number of aromatic nitrogens is 1. The molecule has 2 amide bonds. The lowest BCUT2D eigenvalue weighted by atomic mass is 9.43. The maximum Gasteiger partial charge on any atom is 0.316 e. The van der Waals surface area contributed by atoms with Crippen molar-refractivity contribution in [2.75, 3.05) is 32.0 Å². The van der Waals surface area contributed by atoms with Crippen molar-refractivity contribution in [2.24, 2.45) is 92.7 Å². The lowest BCUT2D eigenvalue weighted by Crippen LogP contribution is -2.59. The number of ether oxygens (including phenoxy) is 4. The minimum absolute atomic E-state index is 0.0378. The molecule has 78 heavy (non-hydrogen) atoms. The molecule has 8 aliphatic carbocycles. The van der Waals surface area contributed by atoms with Crippen LogP contribution in [-0.2, 0) is 47.7 Å². The number of amides is 2. The maximum absolute atomic E-state index is 13.7.